The highest BCUT2D eigenvalue weighted by atomic mass is 19.4. The number of rotatable bonds is 4. The van der Waals surface area contributed by atoms with E-state index in [9.17, 15) is 27.9 Å². The molecular formula is C19H22F3NO3. The Bertz CT molecular complexity index is 704. The smallest absolute Gasteiger partial charge is 0.416 e. The van der Waals surface area contributed by atoms with Crippen LogP contribution in [0.25, 0.3) is 0 Å². The van der Waals surface area contributed by atoms with Crippen LogP contribution in [0.15, 0.2) is 24.3 Å². The highest BCUT2D eigenvalue weighted by Crippen LogP contribution is 2.43. The van der Waals surface area contributed by atoms with Gasteiger partial charge in [-0.2, -0.15) is 13.2 Å². The molecule has 26 heavy (non-hydrogen) atoms. The van der Waals surface area contributed by atoms with Crippen molar-refractivity contribution in [3.63, 3.8) is 0 Å². The van der Waals surface area contributed by atoms with Crippen LogP contribution in [-0.4, -0.2) is 34.5 Å². The Morgan fingerprint density at radius 3 is 2.62 bits per heavy atom. The van der Waals surface area contributed by atoms with Crippen LogP contribution >= 0.6 is 0 Å². The molecule has 1 aromatic rings. The lowest BCUT2D eigenvalue weighted by Gasteiger charge is -2.26. The molecule has 1 saturated heterocycles. The minimum atomic E-state index is -4.48. The number of carbonyl (C=O) groups excluding carboxylic acids is 1. The quantitative estimate of drug-likeness (QED) is 0.875. The van der Waals surface area contributed by atoms with Crippen LogP contribution in [0.3, 0.4) is 0 Å². The van der Waals surface area contributed by atoms with E-state index in [1.165, 1.54) is 23.1 Å². The maximum absolute atomic E-state index is 13.2. The Labute approximate surface area is 150 Å². The lowest BCUT2D eigenvalue weighted by Crippen LogP contribution is -2.43. The molecule has 0 aromatic heterocycles. The second kappa shape index (κ2) is 6.93. The van der Waals surface area contributed by atoms with Crippen molar-refractivity contribution in [1.29, 1.82) is 0 Å². The molecule has 4 nitrogen and oxygen atoms in total. The van der Waals surface area contributed by atoms with Crippen LogP contribution in [0.4, 0.5) is 13.2 Å². The van der Waals surface area contributed by atoms with Crippen molar-refractivity contribution in [1.82, 2.24) is 4.90 Å². The van der Waals surface area contributed by atoms with E-state index in [2.05, 4.69) is 0 Å². The van der Waals surface area contributed by atoms with Crippen LogP contribution < -0.4 is 0 Å². The molecule has 1 heterocycles. The summed E-state index contributed by atoms with van der Waals surface area (Å²) >= 11 is 0. The van der Waals surface area contributed by atoms with Gasteiger partial charge >= 0.3 is 12.1 Å². The van der Waals surface area contributed by atoms with Crippen molar-refractivity contribution in [2.75, 3.05) is 6.54 Å². The summed E-state index contributed by atoms with van der Waals surface area (Å²) in [6.45, 7) is 1.98. The van der Waals surface area contributed by atoms with Gasteiger partial charge in [0.15, 0.2) is 0 Å². The largest absolute Gasteiger partial charge is 0.480 e. The van der Waals surface area contributed by atoms with Gasteiger partial charge in [0.25, 0.3) is 0 Å². The minimum absolute atomic E-state index is 0.0331. The second-order valence-electron chi connectivity index (χ2n) is 7.37. The van der Waals surface area contributed by atoms with Gasteiger partial charge in [-0.1, -0.05) is 31.5 Å². The lowest BCUT2D eigenvalue weighted by molar-refractivity contribution is -0.149. The number of fused-ring (bicyclic) bond motifs is 1. The summed E-state index contributed by atoms with van der Waals surface area (Å²) in [5, 5.41) is 9.54. The molecule has 1 saturated carbocycles. The third-order valence-corrected chi connectivity index (χ3v) is 5.74. The van der Waals surface area contributed by atoms with E-state index in [1.807, 2.05) is 0 Å². The first kappa shape index (κ1) is 18.7. The van der Waals surface area contributed by atoms with Gasteiger partial charge < -0.3 is 10.0 Å². The predicted molar refractivity (Wildman–Crippen MR) is 88.4 cm³/mol. The standard InChI is InChI=1S/C19H22F3NO3/c1-11(13-6-2-3-8-15(13)19(20,21)22)9-16(24)23-10-12-5-4-7-14(12)17(23)18(25)26/h2-3,6,8,11-12,14,17H,4-5,7,9-10H2,1H3,(H,25,26). The number of nitrogens with zero attached hydrogens (tertiary/aromatic N) is 1. The van der Waals surface area contributed by atoms with E-state index in [1.54, 1.807) is 6.92 Å². The summed E-state index contributed by atoms with van der Waals surface area (Å²) in [4.78, 5) is 25.8. The van der Waals surface area contributed by atoms with Crippen molar-refractivity contribution in [2.45, 2.75) is 50.7 Å². The van der Waals surface area contributed by atoms with Crippen LogP contribution in [0, 0.1) is 11.8 Å². The monoisotopic (exact) mass is 369 g/mol. The number of amides is 1. The number of carboxylic acid groups (broad SMARTS) is 1. The first-order valence-corrected chi connectivity index (χ1v) is 8.88. The Kier molecular flexibility index (Phi) is 4.99. The topological polar surface area (TPSA) is 57.6 Å². The van der Waals surface area contributed by atoms with Crippen molar-refractivity contribution < 1.29 is 27.9 Å². The molecule has 2 fully saturated rings. The van der Waals surface area contributed by atoms with E-state index >= 15 is 0 Å². The predicted octanol–water partition coefficient (Wildman–Crippen LogP) is 3.91. The van der Waals surface area contributed by atoms with Gasteiger partial charge in [-0.25, -0.2) is 4.79 Å². The molecule has 7 heteroatoms. The van der Waals surface area contributed by atoms with Gasteiger partial charge in [0.1, 0.15) is 6.04 Å². The van der Waals surface area contributed by atoms with Gasteiger partial charge in [0.2, 0.25) is 5.91 Å². The average Bonchev–Trinajstić information content (AvgIpc) is 3.14. The number of carbonyl (C=O) groups is 2. The fourth-order valence-corrected chi connectivity index (χ4v) is 4.55. The number of aliphatic carboxylic acids is 1. The van der Waals surface area contributed by atoms with Crippen molar-refractivity contribution in [2.24, 2.45) is 11.8 Å². The fraction of sp³-hybridized carbons (Fsp3) is 0.579. The number of alkyl halides is 3. The highest BCUT2D eigenvalue weighted by molar-refractivity contribution is 5.85. The Hall–Kier alpha value is -2.05. The van der Waals surface area contributed by atoms with Crippen LogP contribution in [0.5, 0.6) is 0 Å². The molecule has 4 atom stereocenters. The van der Waals surface area contributed by atoms with Crippen LogP contribution in [0.1, 0.15) is 49.7 Å². The molecule has 4 unspecified atom stereocenters. The molecule has 0 bridgehead atoms. The zero-order valence-electron chi connectivity index (χ0n) is 14.5. The second-order valence-corrected chi connectivity index (χ2v) is 7.37. The van der Waals surface area contributed by atoms with Crippen molar-refractivity contribution in [3.05, 3.63) is 35.4 Å². The molecule has 0 spiro atoms. The maximum Gasteiger partial charge on any atom is 0.416 e. The number of hydrogen-bond acceptors (Lipinski definition) is 2. The summed E-state index contributed by atoms with van der Waals surface area (Å²) < 4.78 is 39.6. The number of hydrogen-bond donors (Lipinski definition) is 1. The van der Waals surface area contributed by atoms with E-state index in [-0.39, 0.29) is 29.7 Å². The number of benzene rings is 1. The normalized spacial score (nSPS) is 26.6. The van der Waals surface area contributed by atoms with Gasteiger partial charge in [-0.3, -0.25) is 4.79 Å². The zero-order chi connectivity index (χ0) is 19.1. The number of carboxylic acids is 1. The Morgan fingerprint density at radius 1 is 1.27 bits per heavy atom. The number of halogens is 3. The molecule has 1 aliphatic heterocycles. The van der Waals surface area contributed by atoms with Gasteiger partial charge in [0, 0.05) is 13.0 Å². The molecular weight excluding hydrogens is 347 g/mol. The Morgan fingerprint density at radius 2 is 1.96 bits per heavy atom. The van der Waals surface area contributed by atoms with Gasteiger partial charge in [0.05, 0.1) is 5.56 Å². The Balaban J connectivity index is 1.77. The third-order valence-electron chi connectivity index (χ3n) is 5.74. The van der Waals surface area contributed by atoms with E-state index in [0.29, 0.717) is 6.54 Å². The van der Waals surface area contributed by atoms with Crippen LogP contribution in [-0.2, 0) is 15.8 Å². The minimum Gasteiger partial charge on any atom is -0.480 e. The third kappa shape index (κ3) is 3.44. The first-order valence-electron chi connectivity index (χ1n) is 8.88. The summed E-state index contributed by atoms with van der Waals surface area (Å²) in [5.74, 6) is -1.88. The van der Waals surface area contributed by atoms with E-state index in [4.69, 9.17) is 0 Å². The number of likely N-dealkylation sites (tertiary alicyclic amines) is 1. The molecule has 142 valence electrons. The fourth-order valence-electron chi connectivity index (χ4n) is 4.55. The molecule has 3 rings (SSSR count). The molecule has 1 aliphatic carbocycles. The first-order chi connectivity index (χ1) is 12.2. The van der Waals surface area contributed by atoms with Crippen LogP contribution in [0.2, 0.25) is 0 Å². The van der Waals surface area contributed by atoms with Crippen molar-refractivity contribution >= 4 is 11.9 Å². The summed E-state index contributed by atoms with van der Waals surface area (Å²) in [7, 11) is 0. The molecule has 0 radical (unpaired) electrons. The van der Waals surface area contributed by atoms with Gasteiger partial charge in [-0.15, -0.1) is 0 Å². The molecule has 1 aromatic carbocycles. The highest BCUT2D eigenvalue weighted by Gasteiger charge is 2.49. The molecule has 2 aliphatic rings. The van der Waals surface area contributed by atoms with Crippen molar-refractivity contribution in [3.8, 4) is 0 Å². The van der Waals surface area contributed by atoms with E-state index < -0.39 is 29.7 Å². The van der Waals surface area contributed by atoms with E-state index in [0.717, 1.165) is 25.3 Å². The lowest BCUT2D eigenvalue weighted by atomic mass is 9.92. The maximum atomic E-state index is 13.2. The summed E-state index contributed by atoms with van der Waals surface area (Å²) in [5.41, 5.74) is -0.673. The van der Waals surface area contributed by atoms with Gasteiger partial charge in [-0.05, 0) is 42.2 Å². The molecule has 1 amide bonds. The summed E-state index contributed by atoms with van der Waals surface area (Å²) in [6, 6.07) is 4.39. The average molecular weight is 369 g/mol. The molecule has 1 N–H and O–H groups in total. The zero-order valence-corrected chi connectivity index (χ0v) is 14.5. The summed E-state index contributed by atoms with van der Waals surface area (Å²) in [6.07, 6.45) is -1.95. The SMILES string of the molecule is CC(CC(=O)N1CC2CCCC2C1C(=O)O)c1ccccc1C(F)(F)F.